The molecule has 4 aliphatic carbocycles. The lowest BCUT2D eigenvalue weighted by atomic mass is 9.49. The number of ether oxygens (including phenoxy) is 1. The third kappa shape index (κ3) is 4.41. The summed E-state index contributed by atoms with van der Waals surface area (Å²) < 4.78 is 29.0. The first-order chi connectivity index (χ1) is 13.3. The molecule has 7 heteroatoms. The number of rotatable bonds is 8. The van der Waals surface area contributed by atoms with Crippen molar-refractivity contribution in [3.8, 4) is 0 Å². The van der Waals surface area contributed by atoms with Crippen LogP contribution in [0.5, 0.6) is 0 Å². The van der Waals surface area contributed by atoms with Crippen LogP contribution in [0.15, 0.2) is 0 Å². The van der Waals surface area contributed by atoms with Crippen molar-refractivity contribution >= 4 is 15.7 Å². The van der Waals surface area contributed by atoms with Crippen molar-refractivity contribution in [2.45, 2.75) is 51.0 Å². The van der Waals surface area contributed by atoms with Gasteiger partial charge in [0.1, 0.15) is 0 Å². The van der Waals surface area contributed by atoms with E-state index in [1.165, 1.54) is 38.5 Å². The van der Waals surface area contributed by atoms with Gasteiger partial charge in [-0.2, -0.15) is 0 Å². The summed E-state index contributed by atoms with van der Waals surface area (Å²) in [5.74, 6) is 3.08. The second-order valence-electron chi connectivity index (χ2n) is 10.2. The molecule has 0 aromatic heterocycles. The predicted molar refractivity (Wildman–Crippen MR) is 109 cm³/mol. The van der Waals surface area contributed by atoms with E-state index in [0.717, 1.165) is 24.3 Å². The molecule has 1 heterocycles. The normalized spacial score (nSPS) is 38.2. The van der Waals surface area contributed by atoms with E-state index in [1.807, 2.05) is 0 Å². The Morgan fingerprint density at radius 1 is 1.11 bits per heavy atom. The first kappa shape index (κ1) is 20.6. The van der Waals surface area contributed by atoms with Gasteiger partial charge in [0, 0.05) is 26.2 Å². The number of sulfone groups is 1. The highest BCUT2D eigenvalue weighted by molar-refractivity contribution is 7.91. The molecule has 0 N–H and O–H groups in total. The Bertz CT molecular complexity index is 657. The molecule has 4 bridgehead atoms. The molecule has 0 aromatic carbocycles. The van der Waals surface area contributed by atoms with Gasteiger partial charge in [-0.25, -0.2) is 8.42 Å². The molecular formula is C21H36N2O4S. The standard InChI is InChI=1S/C21H36N2O4S/c1-22(15-21-10-16-7-17(11-21)9-18(8-16)12-21)13-20(24)23(4-5-27-2)19-3-6-28(25,26)14-19/h16-19H,3-15H2,1-2H3. The average molecular weight is 413 g/mol. The second-order valence-corrected chi connectivity index (χ2v) is 12.5. The van der Waals surface area contributed by atoms with Crippen LogP contribution in [0.25, 0.3) is 0 Å². The molecule has 160 valence electrons. The van der Waals surface area contributed by atoms with Crippen molar-refractivity contribution in [1.82, 2.24) is 9.80 Å². The molecule has 5 aliphatic rings. The van der Waals surface area contributed by atoms with Crippen LogP contribution in [-0.4, -0.2) is 82.1 Å². The Morgan fingerprint density at radius 2 is 1.71 bits per heavy atom. The molecule has 1 amide bonds. The minimum Gasteiger partial charge on any atom is -0.383 e. The summed E-state index contributed by atoms with van der Waals surface area (Å²) in [6, 6.07) is -0.194. The monoisotopic (exact) mass is 412 g/mol. The molecule has 1 unspecified atom stereocenters. The third-order valence-electron chi connectivity index (χ3n) is 7.68. The third-order valence-corrected chi connectivity index (χ3v) is 9.43. The molecule has 5 rings (SSSR count). The van der Waals surface area contributed by atoms with E-state index in [-0.39, 0.29) is 23.5 Å². The van der Waals surface area contributed by atoms with Crippen LogP contribution >= 0.6 is 0 Å². The summed E-state index contributed by atoms with van der Waals surface area (Å²) in [6.45, 7) is 2.30. The smallest absolute Gasteiger partial charge is 0.237 e. The van der Waals surface area contributed by atoms with Crippen molar-refractivity contribution < 1.29 is 17.9 Å². The summed E-state index contributed by atoms with van der Waals surface area (Å²) in [6.07, 6.45) is 8.87. The van der Waals surface area contributed by atoms with E-state index >= 15 is 0 Å². The van der Waals surface area contributed by atoms with Gasteiger partial charge in [0.15, 0.2) is 9.84 Å². The van der Waals surface area contributed by atoms with Crippen molar-refractivity contribution in [3.63, 3.8) is 0 Å². The molecule has 6 nitrogen and oxygen atoms in total. The van der Waals surface area contributed by atoms with Gasteiger partial charge >= 0.3 is 0 Å². The zero-order valence-electron chi connectivity index (χ0n) is 17.4. The maximum Gasteiger partial charge on any atom is 0.237 e. The highest BCUT2D eigenvalue weighted by Crippen LogP contribution is 2.60. The number of hydrogen-bond donors (Lipinski definition) is 0. The fourth-order valence-corrected chi connectivity index (χ4v) is 8.89. The van der Waals surface area contributed by atoms with Gasteiger partial charge in [-0.15, -0.1) is 0 Å². The molecule has 28 heavy (non-hydrogen) atoms. The van der Waals surface area contributed by atoms with Gasteiger partial charge in [0.25, 0.3) is 0 Å². The Labute approximate surface area is 169 Å². The van der Waals surface area contributed by atoms with E-state index in [1.54, 1.807) is 12.0 Å². The number of likely N-dealkylation sites (N-methyl/N-ethyl adjacent to an activating group) is 1. The van der Waals surface area contributed by atoms with E-state index in [4.69, 9.17) is 4.74 Å². The molecule has 1 aliphatic heterocycles. The zero-order valence-corrected chi connectivity index (χ0v) is 18.3. The van der Waals surface area contributed by atoms with E-state index in [0.29, 0.717) is 31.5 Å². The molecule has 1 saturated heterocycles. The van der Waals surface area contributed by atoms with Crippen molar-refractivity contribution in [1.29, 1.82) is 0 Å². The molecule has 0 radical (unpaired) electrons. The first-order valence-electron chi connectivity index (χ1n) is 10.9. The van der Waals surface area contributed by atoms with Crippen LogP contribution in [0.2, 0.25) is 0 Å². The summed E-state index contributed by atoms with van der Waals surface area (Å²) in [7, 11) is 0.672. The highest BCUT2D eigenvalue weighted by Gasteiger charge is 2.51. The maximum absolute atomic E-state index is 13.1. The molecule has 0 spiro atoms. The summed E-state index contributed by atoms with van der Waals surface area (Å²) in [5.41, 5.74) is 0.415. The van der Waals surface area contributed by atoms with Gasteiger partial charge in [-0.05, 0) is 75.2 Å². The lowest BCUT2D eigenvalue weighted by molar-refractivity contribution is -0.136. The van der Waals surface area contributed by atoms with Gasteiger partial charge in [-0.3, -0.25) is 9.69 Å². The fraction of sp³-hybridized carbons (Fsp3) is 0.952. The van der Waals surface area contributed by atoms with Crippen LogP contribution in [-0.2, 0) is 19.4 Å². The highest BCUT2D eigenvalue weighted by atomic mass is 32.2. The Balaban J connectivity index is 1.37. The summed E-state index contributed by atoms with van der Waals surface area (Å²) in [5, 5.41) is 0. The lowest BCUT2D eigenvalue weighted by Crippen LogP contribution is -2.52. The van der Waals surface area contributed by atoms with Crippen LogP contribution in [0, 0.1) is 23.2 Å². The van der Waals surface area contributed by atoms with Gasteiger partial charge < -0.3 is 9.64 Å². The lowest BCUT2D eigenvalue weighted by Gasteiger charge is -2.57. The summed E-state index contributed by atoms with van der Waals surface area (Å²) >= 11 is 0. The molecule has 4 saturated carbocycles. The van der Waals surface area contributed by atoms with E-state index in [2.05, 4.69) is 11.9 Å². The number of carbonyl (C=O) groups is 1. The van der Waals surface area contributed by atoms with Crippen LogP contribution in [0.3, 0.4) is 0 Å². The van der Waals surface area contributed by atoms with Crippen LogP contribution < -0.4 is 0 Å². The minimum atomic E-state index is -3.01. The number of amides is 1. The van der Waals surface area contributed by atoms with Crippen LogP contribution in [0.1, 0.15) is 44.9 Å². The predicted octanol–water partition coefficient (Wildman–Crippen LogP) is 1.80. The number of nitrogens with zero attached hydrogens (tertiary/aromatic N) is 2. The quantitative estimate of drug-likeness (QED) is 0.608. The Hall–Kier alpha value is -0.660. The Kier molecular flexibility index (Phi) is 5.80. The molecule has 0 aromatic rings. The maximum atomic E-state index is 13.1. The summed E-state index contributed by atoms with van der Waals surface area (Å²) in [4.78, 5) is 17.1. The SMILES string of the molecule is COCCN(C(=O)CN(C)CC12CC3CC(CC(C3)C1)C2)C1CCS(=O)(=O)C1. The largest absolute Gasteiger partial charge is 0.383 e. The van der Waals surface area contributed by atoms with Gasteiger partial charge in [0.2, 0.25) is 5.91 Å². The molecular weight excluding hydrogens is 376 g/mol. The first-order valence-corrected chi connectivity index (χ1v) is 12.8. The van der Waals surface area contributed by atoms with E-state index in [9.17, 15) is 13.2 Å². The fourth-order valence-electron chi connectivity index (χ4n) is 7.16. The van der Waals surface area contributed by atoms with Crippen molar-refractivity contribution in [3.05, 3.63) is 0 Å². The van der Waals surface area contributed by atoms with Crippen molar-refractivity contribution in [2.24, 2.45) is 23.2 Å². The van der Waals surface area contributed by atoms with Gasteiger partial charge in [0.05, 0.1) is 24.7 Å². The topological polar surface area (TPSA) is 66.9 Å². The number of hydrogen-bond acceptors (Lipinski definition) is 5. The number of carbonyl (C=O) groups excluding carboxylic acids is 1. The molecule has 5 fully saturated rings. The van der Waals surface area contributed by atoms with E-state index < -0.39 is 9.84 Å². The van der Waals surface area contributed by atoms with Gasteiger partial charge in [-0.1, -0.05) is 0 Å². The second kappa shape index (κ2) is 7.88. The number of methoxy groups -OCH3 is 1. The molecule has 1 atom stereocenters. The van der Waals surface area contributed by atoms with Crippen molar-refractivity contribution in [2.75, 3.05) is 51.9 Å². The zero-order chi connectivity index (χ0) is 19.9. The average Bonchev–Trinajstić information content (AvgIpc) is 2.93. The Morgan fingerprint density at radius 3 is 2.21 bits per heavy atom. The minimum absolute atomic E-state index is 0.0476. The van der Waals surface area contributed by atoms with Crippen LogP contribution in [0.4, 0.5) is 0 Å².